The van der Waals surface area contributed by atoms with Crippen LogP contribution < -0.4 is 5.32 Å². The van der Waals surface area contributed by atoms with Gasteiger partial charge < -0.3 is 10.2 Å². The molecule has 2 aliphatic heterocycles. The van der Waals surface area contributed by atoms with Crippen molar-refractivity contribution in [3.63, 3.8) is 0 Å². The van der Waals surface area contributed by atoms with E-state index in [0.29, 0.717) is 11.8 Å². The Kier molecular flexibility index (Phi) is 7.32. The zero-order valence-corrected chi connectivity index (χ0v) is 10.5. The number of carbonyl (C=O) groups excluding carboxylic acids is 1. The molecule has 1 N–H and O–H groups in total. The van der Waals surface area contributed by atoms with E-state index in [-0.39, 0.29) is 24.8 Å². The van der Waals surface area contributed by atoms with Crippen LogP contribution >= 0.6 is 24.8 Å². The lowest BCUT2D eigenvalue weighted by Crippen LogP contribution is -2.39. The largest absolute Gasteiger partial charge is 0.342 e. The van der Waals surface area contributed by atoms with Gasteiger partial charge in [-0.3, -0.25) is 4.79 Å². The van der Waals surface area contributed by atoms with E-state index in [9.17, 15) is 4.79 Å². The van der Waals surface area contributed by atoms with Gasteiger partial charge in [-0.15, -0.1) is 24.8 Å². The minimum Gasteiger partial charge on any atom is -0.342 e. The van der Waals surface area contributed by atoms with Gasteiger partial charge in [0.05, 0.1) is 0 Å². The summed E-state index contributed by atoms with van der Waals surface area (Å²) in [5.74, 6) is 0.735. The zero-order chi connectivity index (χ0) is 9.10. The number of rotatable bonds is 1. The van der Waals surface area contributed by atoms with Crippen molar-refractivity contribution in [3.8, 4) is 0 Å². The highest BCUT2D eigenvalue weighted by molar-refractivity contribution is 5.85. The van der Waals surface area contributed by atoms with Gasteiger partial charge in [-0.05, 0) is 38.8 Å². The summed E-state index contributed by atoms with van der Waals surface area (Å²) in [5.41, 5.74) is 0. The molecule has 2 saturated heterocycles. The number of piperidine rings is 1. The quantitative estimate of drug-likeness (QED) is 0.769. The minimum atomic E-state index is 0. The molecule has 2 fully saturated rings. The normalized spacial score (nSPS) is 21.7. The molecule has 0 unspecified atom stereocenters. The van der Waals surface area contributed by atoms with E-state index in [1.165, 1.54) is 12.8 Å². The van der Waals surface area contributed by atoms with Gasteiger partial charge >= 0.3 is 0 Å². The maximum absolute atomic E-state index is 11.9. The van der Waals surface area contributed by atoms with Crippen LogP contribution in [0, 0.1) is 5.92 Å². The lowest BCUT2D eigenvalue weighted by molar-refractivity contribution is -0.135. The molecule has 0 spiro atoms. The van der Waals surface area contributed by atoms with Crippen LogP contribution in [-0.4, -0.2) is 37.0 Å². The second-order valence-corrected chi connectivity index (χ2v) is 4.06. The van der Waals surface area contributed by atoms with Gasteiger partial charge in [-0.25, -0.2) is 0 Å². The van der Waals surface area contributed by atoms with Crippen molar-refractivity contribution in [1.82, 2.24) is 10.2 Å². The third kappa shape index (κ3) is 3.82. The van der Waals surface area contributed by atoms with Crippen LogP contribution in [-0.2, 0) is 4.79 Å². The molecule has 0 aromatic rings. The second kappa shape index (κ2) is 7.31. The number of nitrogens with one attached hydrogen (secondary N) is 1. The Morgan fingerprint density at radius 3 is 2.13 bits per heavy atom. The van der Waals surface area contributed by atoms with Crippen LogP contribution in [0.15, 0.2) is 0 Å². The highest BCUT2D eigenvalue weighted by Crippen LogP contribution is 2.18. The van der Waals surface area contributed by atoms with Crippen LogP contribution in [0.4, 0.5) is 0 Å². The summed E-state index contributed by atoms with van der Waals surface area (Å²) in [4.78, 5) is 14.0. The fourth-order valence-corrected chi connectivity index (χ4v) is 2.26. The van der Waals surface area contributed by atoms with E-state index in [1.54, 1.807) is 0 Å². The fraction of sp³-hybridized carbons (Fsp3) is 0.900. The number of hydrogen-bond donors (Lipinski definition) is 1. The highest BCUT2D eigenvalue weighted by atomic mass is 35.5. The van der Waals surface area contributed by atoms with E-state index in [4.69, 9.17) is 0 Å². The summed E-state index contributed by atoms with van der Waals surface area (Å²) in [6.45, 7) is 4.04. The topological polar surface area (TPSA) is 32.3 Å². The number of hydrogen-bond acceptors (Lipinski definition) is 2. The molecule has 2 heterocycles. The predicted octanol–water partition coefficient (Wildman–Crippen LogP) is 1.45. The van der Waals surface area contributed by atoms with Gasteiger partial charge in [0.15, 0.2) is 0 Å². The lowest BCUT2D eigenvalue weighted by Gasteiger charge is -2.26. The van der Waals surface area contributed by atoms with Crippen molar-refractivity contribution >= 4 is 30.7 Å². The van der Waals surface area contributed by atoms with E-state index in [1.807, 2.05) is 0 Å². The average Bonchev–Trinajstić information content (AvgIpc) is 2.71. The van der Waals surface area contributed by atoms with E-state index in [2.05, 4.69) is 10.2 Å². The maximum Gasteiger partial charge on any atom is 0.225 e. The monoisotopic (exact) mass is 254 g/mol. The van der Waals surface area contributed by atoms with Crippen molar-refractivity contribution < 1.29 is 4.79 Å². The van der Waals surface area contributed by atoms with Gasteiger partial charge in [0.25, 0.3) is 0 Å². The van der Waals surface area contributed by atoms with Crippen LogP contribution in [0.25, 0.3) is 0 Å². The number of carbonyl (C=O) groups is 1. The van der Waals surface area contributed by atoms with Crippen molar-refractivity contribution in [2.24, 2.45) is 5.92 Å². The molecule has 0 saturated carbocycles. The first-order chi connectivity index (χ1) is 6.38. The molecule has 0 aliphatic carbocycles. The highest BCUT2D eigenvalue weighted by Gasteiger charge is 2.27. The summed E-state index contributed by atoms with van der Waals surface area (Å²) in [6.07, 6.45) is 4.48. The summed E-state index contributed by atoms with van der Waals surface area (Å²) >= 11 is 0. The van der Waals surface area contributed by atoms with Crippen LogP contribution in [0.2, 0.25) is 0 Å². The molecule has 2 aliphatic rings. The third-order valence-electron chi connectivity index (χ3n) is 3.11. The van der Waals surface area contributed by atoms with Crippen LogP contribution in [0.3, 0.4) is 0 Å². The van der Waals surface area contributed by atoms with Gasteiger partial charge in [0.1, 0.15) is 0 Å². The molecule has 15 heavy (non-hydrogen) atoms. The van der Waals surface area contributed by atoms with Crippen molar-refractivity contribution in [3.05, 3.63) is 0 Å². The first kappa shape index (κ1) is 15.0. The SMILES string of the molecule is Cl.Cl.O=C(C1CCNCC1)N1CCCC1. The summed E-state index contributed by atoms with van der Waals surface area (Å²) in [6, 6.07) is 0. The van der Waals surface area contributed by atoms with E-state index in [0.717, 1.165) is 39.0 Å². The molecule has 5 heteroatoms. The van der Waals surface area contributed by atoms with E-state index >= 15 is 0 Å². The van der Waals surface area contributed by atoms with Crippen molar-refractivity contribution in [1.29, 1.82) is 0 Å². The maximum atomic E-state index is 11.9. The molecule has 0 bridgehead atoms. The summed E-state index contributed by atoms with van der Waals surface area (Å²) in [7, 11) is 0. The molecule has 2 rings (SSSR count). The molecule has 90 valence electrons. The summed E-state index contributed by atoms with van der Waals surface area (Å²) < 4.78 is 0. The van der Waals surface area contributed by atoms with Gasteiger partial charge in [0.2, 0.25) is 5.91 Å². The number of halogens is 2. The number of nitrogens with zero attached hydrogens (tertiary/aromatic N) is 1. The standard InChI is InChI=1S/C10H18N2O.2ClH/c13-10(12-7-1-2-8-12)9-3-5-11-6-4-9;;/h9,11H,1-8H2;2*1H. The molecule has 1 amide bonds. The molecule has 0 radical (unpaired) electrons. The summed E-state index contributed by atoms with van der Waals surface area (Å²) in [5, 5.41) is 3.29. The third-order valence-corrected chi connectivity index (χ3v) is 3.11. The first-order valence-corrected chi connectivity index (χ1v) is 5.37. The van der Waals surface area contributed by atoms with Crippen LogP contribution in [0.5, 0.6) is 0 Å². The molecule has 0 aromatic carbocycles. The van der Waals surface area contributed by atoms with Gasteiger partial charge in [-0.2, -0.15) is 0 Å². The molecule has 3 nitrogen and oxygen atoms in total. The Labute approximate surface area is 104 Å². The number of likely N-dealkylation sites (tertiary alicyclic amines) is 1. The Morgan fingerprint density at radius 2 is 1.60 bits per heavy atom. The van der Waals surface area contributed by atoms with Gasteiger partial charge in [-0.1, -0.05) is 0 Å². The van der Waals surface area contributed by atoms with Gasteiger partial charge in [0, 0.05) is 19.0 Å². The average molecular weight is 255 g/mol. The smallest absolute Gasteiger partial charge is 0.225 e. The number of amides is 1. The molecule has 0 atom stereocenters. The second-order valence-electron chi connectivity index (χ2n) is 4.06. The van der Waals surface area contributed by atoms with Crippen molar-refractivity contribution in [2.75, 3.05) is 26.2 Å². The Morgan fingerprint density at radius 1 is 1.07 bits per heavy atom. The first-order valence-electron chi connectivity index (χ1n) is 5.37. The predicted molar refractivity (Wildman–Crippen MR) is 65.9 cm³/mol. The van der Waals surface area contributed by atoms with Crippen molar-refractivity contribution in [2.45, 2.75) is 25.7 Å². The Bertz CT molecular complexity index is 190. The zero-order valence-electron chi connectivity index (χ0n) is 8.91. The lowest BCUT2D eigenvalue weighted by atomic mass is 9.97. The minimum absolute atomic E-state index is 0. The molecular weight excluding hydrogens is 235 g/mol. The molecule has 0 aromatic heterocycles. The molecular formula is C10H20Cl2N2O. The fourth-order valence-electron chi connectivity index (χ4n) is 2.26. The van der Waals surface area contributed by atoms with Crippen LogP contribution in [0.1, 0.15) is 25.7 Å². The Hall–Kier alpha value is 0.01000. The van der Waals surface area contributed by atoms with E-state index < -0.39 is 0 Å². The Balaban J connectivity index is 0.000000980.